The maximum absolute atomic E-state index is 12.5. The third-order valence-electron chi connectivity index (χ3n) is 4.04. The lowest BCUT2D eigenvalue weighted by molar-refractivity contribution is 0.0679. The smallest absolute Gasteiger partial charge is 0.254 e. The summed E-state index contributed by atoms with van der Waals surface area (Å²) in [6, 6.07) is 3.50. The Morgan fingerprint density at radius 2 is 2.05 bits per heavy atom. The van der Waals surface area contributed by atoms with Crippen molar-refractivity contribution in [3.05, 3.63) is 22.8 Å². The number of aromatic nitrogens is 1. The van der Waals surface area contributed by atoms with Crippen LogP contribution in [0.25, 0.3) is 0 Å². The summed E-state index contributed by atoms with van der Waals surface area (Å²) >= 11 is 5.91. The van der Waals surface area contributed by atoms with Crippen LogP contribution < -0.4 is 11.3 Å². The second kappa shape index (κ2) is 6.41. The normalized spacial score (nSPS) is 22.4. The van der Waals surface area contributed by atoms with Crippen LogP contribution in [-0.2, 0) is 0 Å². The molecule has 0 saturated heterocycles. The number of hydrogen-bond acceptors (Lipinski definition) is 4. The van der Waals surface area contributed by atoms with Gasteiger partial charge in [0.15, 0.2) is 0 Å². The van der Waals surface area contributed by atoms with Crippen LogP contribution in [0.2, 0.25) is 5.15 Å². The van der Waals surface area contributed by atoms with E-state index in [0.29, 0.717) is 17.4 Å². The highest BCUT2D eigenvalue weighted by Gasteiger charge is 2.25. The third kappa shape index (κ3) is 3.41. The number of rotatable bonds is 3. The Hall–Kier alpha value is -1.33. The fraction of sp³-hybridized carbons (Fsp3) is 0.571. The van der Waals surface area contributed by atoms with Gasteiger partial charge in [-0.2, -0.15) is 0 Å². The molecule has 0 unspecified atom stereocenters. The molecule has 1 aromatic heterocycles. The molecule has 1 fully saturated rings. The summed E-state index contributed by atoms with van der Waals surface area (Å²) < 4.78 is 0. The van der Waals surface area contributed by atoms with Gasteiger partial charge >= 0.3 is 0 Å². The highest BCUT2D eigenvalue weighted by atomic mass is 35.5. The van der Waals surface area contributed by atoms with Gasteiger partial charge in [0.05, 0.1) is 0 Å². The van der Waals surface area contributed by atoms with Gasteiger partial charge in [-0.25, -0.2) is 10.8 Å². The third-order valence-corrected chi connectivity index (χ3v) is 4.24. The molecule has 3 N–H and O–H groups in total. The van der Waals surface area contributed by atoms with E-state index in [4.69, 9.17) is 17.4 Å². The number of halogens is 1. The second-order valence-electron chi connectivity index (χ2n) is 5.54. The van der Waals surface area contributed by atoms with Crippen molar-refractivity contribution in [3.8, 4) is 0 Å². The van der Waals surface area contributed by atoms with E-state index in [-0.39, 0.29) is 11.1 Å². The lowest BCUT2D eigenvalue weighted by atomic mass is 9.86. The molecule has 0 atom stereocenters. The molecule has 1 saturated carbocycles. The zero-order valence-electron chi connectivity index (χ0n) is 11.9. The van der Waals surface area contributed by atoms with E-state index in [1.54, 1.807) is 12.1 Å². The number of hydrazine groups is 1. The Morgan fingerprint density at radius 1 is 1.40 bits per heavy atom. The molecule has 0 bridgehead atoms. The van der Waals surface area contributed by atoms with E-state index >= 15 is 0 Å². The number of hydrogen-bond donors (Lipinski definition) is 2. The lowest BCUT2D eigenvalue weighted by Gasteiger charge is -2.33. The summed E-state index contributed by atoms with van der Waals surface area (Å²) in [5.41, 5.74) is 2.93. The van der Waals surface area contributed by atoms with E-state index in [1.165, 1.54) is 12.8 Å². The molecule has 2 rings (SSSR count). The molecule has 1 aromatic rings. The Kier molecular flexibility index (Phi) is 4.83. The topological polar surface area (TPSA) is 71.2 Å². The lowest BCUT2D eigenvalue weighted by Crippen LogP contribution is -2.39. The highest BCUT2D eigenvalue weighted by Crippen LogP contribution is 2.27. The molecule has 110 valence electrons. The quantitative estimate of drug-likeness (QED) is 0.511. The van der Waals surface area contributed by atoms with Crippen LogP contribution >= 0.6 is 11.6 Å². The monoisotopic (exact) mass is 296 g/mol. The minimum atomic E-state index is -0.0367. The molecule has 0 aliphatic heterocycles. The minimum absolute atomic E-state index is 0.0367. The van der Waals surface area contributed by atoms with Gasteiger partial charge in [0.1, 0.15) is 11.0 Å². The molecule has 1 amide bonds. The van der Waals surface area contributed by atoms with Crippen molar-refractivity contribution in [1.82, 2.24) is 9.88 Å². The van der Waals surface area contributed by atoms with Crippen molar-refractivity contribution < 1.29 is 4.79 Å². The number of nitrogens with two attached hydrogens (primary N) is 1. The molecule has 20 heavy (non-hydrogen) atoms. The second-order valence-corrected chi connectivity index (χ2v) is 5.93. The SMILES string of the molecule is CC1CCC(N(C)C(=O)c2cc(Cl)nc(NN)c2)CC1. The van der Waals surface area contributed by atoms with Crippen LogP contribution in [0.1, 0.15) is 43.0 Å². The van der Waals surface area contributed by atoms with Crippen molar-refractivity contribution in [2.75, 3.05) is 12.5 Å². The van der Waals surface area contributed by atoms with Crippen molar-refractivity contribution in [2.24, 2.45) is 11.8 Å². The number of carbonyl (C=O) groups excluding carboxylic acids is 1. The van der Waals surface area contributed by atoms with Gasteiger partial charge in [-0.1, -0.05) is 18.5 Å². The van der Waals surface area contributed by atoms with Gasteiger partial charge in [0.25, 0.3) is 5.91 Å². The molecule has 1 heterocycles. The van der Waals surface area contributed by atoms with E-state index in [9.17, 15) is 4.79 Å². The predicted octanol–water partition coefficient (Wildman–Crippen LogP) is 2.67. The van der Waals surface area contributed by atoms with Crippen LogP contribution in [0.4, 0.5) is 5.82 Å². The van der Waals surface area contributed by atoms with Crippen LogP contribution in [0.3, 0.4) is 0 Å². The fourth-order valence-corrected chi connectivity index (χ4v) is 2.90. The van der Waals surface area contributed by atoms with Gasteiger partial charge in [0.2, 0.25) is 0 Å². The van der Waals surface area contributed by atoms with E-state index in [1.807, 2.05) is 11.9 Å². The Bertz CT molecular complexity index is 486. The molecular weight excluding hydrogens is 276 g/mol. The van der Waals surface area contributed by atoms with Gasteiger partial charge < -0.3 is 10.3 Å². The van der Waals surface area contributed by atoms with Gasteiger partial charge in [-0.05, 0) is 43.7 Å². The van der Waals surface area contributed by atoms with Crippen molar-refractivity contribution >= 4 is 23.3 Å². The minimum Gasteiger partial charge on any atom is -0.339 e. The first-order chi connectivity index (χ1) is 9.51. The number of carbonyl (C=O) groups is 1. The molecule has 0 aromatic carbocycles. The highest BCUT2D eigenvalue weighted by molar-refractivity contribution is 6.29. The fourth-order valence-electron chi connectivity index (χ4n) is 2.69. The standard InChI is InChI=1S/C14H21ClN4O/c1-9-3-5-11(6-4-9)19(2)14(20)10-7-12(15)17-13(8-10)18-16/h7-9,11H,3-6,16H2,1-2H3,(H,17,18). The van der Waals surface area contributed by atoms with Gasteiger partial charge in [0, 0.05) is 18.7 Å². The number of amides is 1. The molecule has 0 spiro atoms. The van der Waals surface area contributed by atoms with E-state index in [0.717, 1.165) is 18.8 Å². The van der Waals surface area contributed by atoms with Gasteiger partial charge in [-0.15, -0.1) is 0 Å². The average molecular weight is 297 g/mol. The van der Waals surface area contributed by atoms with Crippen LogP contribution in [-0.4, -0.2) is 28.9 Å². The van der Waals surface area contributed by atoms with Crippen molar-refractivity contribution in [1.29, 1.82) is 0 Å². The van der Waals surface area contributed by atoms with Crippen LogP contribution in [0.15, 0.2) is 12.1 Å². The first kappa shape index (κ1) is 15.1. The van der Waals surface area contributed by atoms with E-state index in [2.05, 4.69) is 17.3 Å². The largest absolute Gasteiger partial charge is 0.339 e. The average Bonchev–Trinajstić information content (AvgIpc) is 2.45. The van der Waals surface area contributed by atoms with E-state index < -0.39 is 0 Å². The molecule has 0 radical (unpaired) electrons. The maximum Gasteiger partial charge on any atom is 0.254 e. The summed E-state index contributed by atoms with van der Waals surface area (Å²) in [5.74, 6) is 6.45. The number of pyridine rings is 1. The number of nitrogens with zero attached hydrogens (tertiary/aromatic N) is 2. The predicted molar refractivity (Wildman–Crippen MR) is 80.6 cm³/mol. The zero-order chi connectivity index (χ0) is 14.7. The molecule has 6 heteroatoms. The number of nitrogens with one attached hydrogen (secondary N) is 1. The zero-order valence-corrected chi connectivity index (χ0v) is 12.7. The Morgan fingerprint density at radius 3 is 2.65 bits per heavy atom. The summed E-state index contributed by atoms with van der Waals surface area (Å²) in [7, 11) is 1.85. The maximum atomic E-state index is 12.5. The molecule has 1 aliphatic rings. The van der Waals surface area contributed by atoms with Gasteiger partial charge in [-0.3, -0.25) is 4.79 Å². The number of anilines is 1. The van der Waals surface area contributed by atoms with Crippen molar-refractivity contribution in [2.45, 2.75) is 38.6 Å². The number of nitrogen functional groups attached to an aromatic ring is 1. The molecular formula is C14H21ClN4O. The first-order valence-corrected chi connectivity index (χ1v) is 7.30. The first-order valence-electron chi connectivity index (χ1n) is 6.92. The summed E-state index contributed by atoms with van der Waals surface area (Å²) in [5, 5.41) is 0.259. The molecule has 1 aliphatic carbocycles. The Balaban J connectivity index is 2.12. The summed E-state index contributed by atoms with van der Waals surface area (Å²) in [6.45, 7) is 2.26. The summed E-state index contributed by atoms with van der Waals surface area (Å²) in [4.78, 5) is 18.3. The molecule has 5 nitrogen and oxygen atoms in total. The Labute approximate surface area is 124 Å². The van der Waals surface area contributed by atoms with Crippen LogP contribution in [0, 0.1) is 5.92 Å². The van der Waals surface area contributed by atoms with Crippen molar-refractivity contribution in [3.63, 3.8) is 0 Å². The summed E-state index contributed by atoms with van der Waals surface area (Å²) in [6.07, 6.45) is 4.47. The van der Waals surface area contributed by atoms with Crippen LogP contribution in [0.5, 0.6) is 0 Å².